The van der Waals surface area contributed by atoms with Gasteiger partial charge in [0.2, 0.25) is 0 Å². The Labute approximate surface area is 323 Å². The number of benzene rings is 8. The van der Waals surface area contributed by atoms with E-state index in [-0.39, 0.29) is 0 Å². The van der Waals surface area contributed by atoms with Crippen LogP contribution in [0.5, 0.6) is 0 Å². The van der Waals surface area contributed by atoms with Gasteiger partial charge in [-0.3, -0.25) is 0 Å². The predicted octanol–water partition coefficient (Wildman–Crippen LogP) is 13.8. The third-order valence-corrected chi connectivity index (χ3v) is 10.8. The lowest BCUT2D eigenvalue weighted by Gasteiger charge is -2.11. The Morgan fingerprint density at radius 1 is 0.393 bits per heavy atom. The van der Waals surface area contributed by atoms with Crippen LogP contribution in [0.4, 0.5) is 0 Å². The molecule has 0 saturated carbocycles. The van der Waals surface area contributed by atoms with Gasteiger partial charge in [-0.2, -0.15) is 0 Å². The number of hydrogen-bond donors (Lipinski definition) is 0. The molecule has 0 amide bonds. The Hall–Kier alpha value is -7.56. The van der Waals surface area contributed by atoms with E-state index in [2.05, 4.69) is 168 Å². The molecule has 0 bridgehead atoms. The molecule has 0 fully saturated rings. The van der Waals surface area contributed by atoms with Crippen molar-refractivity contribution in [1.29, 1.82) is 0 Å². The SMILES string of the molecule is c1ccc(-c2cccc(-n3c4ccc(-c5ccccc5)cc4c4c(-c5cccc(-c6nc(-c7ccccc7)c7oc8ccccc8c7n6)c5)cccc43)c2)cc1. The summed E-state index contributed by atoms with van der Waals surface area (Å²) in [5.74, 6) is 0.656. The van der Waals surface area contributed by atoms with Gasteiger partial charge in [0.15, 0.2) is 11.4 Å². The van der Waals surface area contributed by atoms with Crippen molar-refractivity contribution in [2.75, 3.05) is 0 Å². The summed E-state index contributed by atoms with van der Waals surface area (Å²) >= 11 is 0. The van der Waals surface area contributed by atoms with E-state index in [1.165, 1.54) is 33.0 Å². The third-order valence-electron chi connectivity index (χ3n) is 10.8. The van der Waals surface area contributed by atoms with E-state index in [4.69, 9.17) is 14.4 Å². The monoisotopic (exact) mass is 715 g/mol. The van der Waals surface area contributed by atoms with Gasteiger partial charge in [0, 0.05) is 33.0 Å². The van der Waals surface area contributed by atoms with Gasteiger partial charge in [0.1, 0.15) is 16.8 Å². The van der Waals surface area contributed by atoms with Crippen molar-refractivity contribution in [2.24, 2.45) is 0 Å². The minimum Gasteiger partial charge on any atom is -0.452 e. The molecule has 4 heteroatoms. The normalized spacial score (nSPS) is 11.6. The van der Waals surface area contributed by atoms with E-state index in [1.54, 1.807) is 0 Å². The van der Waals surface area contributed by atoms with Gasteiger partial charge >= 0.3 is 0 Å². The molecule has 0 spiro atoms. The van der Waals surface area contributed by atoms with E-state index in [0.29, 0.717) is 11.4 Å². The molecular weight excluding hydrogens is 683 g/mol. The first-order valence-corrected chi connectivity index (χ1v) is 18.9. The minimum atomic E-state index is 0.656. The van der Waals surface area contributed by atoms with Gasteiger partial charge in [-0.25, -0.2) is 9.97 Å². The average molecular weight is 716 g/mol. The van der Waals surface area contributed by atoms with E-state index in [1.807, 2.05) is 36.4 Å². The number of fused-ring (bicyclic) bond motifs is 6. The summed E-state index contributed by atoms with van der Waals surface area (Å²) < 4.78 is 8.81. The number of nitrogens with zero attached hydrogens (tertiary/aromatic N) is 3. The zero-order valence-electron chi connectivity index (χ0n) is 30.3. The fourth-order valence-electron chi connectivity index (χ4n) is 8.19. The number of rotatable bonds is 6. The summed E-state index contributed by atoms with van der Waals surface area (Å²) in [5, 5.41) is 3.37. The lowest BCUT2D eigenvalue weighted by molar-refractivity contribution is 0.667. The molecule has 56 heavy (non-hydrogen) atoms. The topological polar surface area (TPSA) is 43.9 Å². The Bertz CT molecular complexity index is 3240. The average Bonchev–Trinajstić information content (AvgIpc) is 3.83. The van der Waals surface area contributed by atoms with Gasteiger partial charge < -0.3 is 8.98 Å². The van der Waals surface area contributed by atoms with E-state index in [0.717, 1.165) is 61.2 Å². The van der Waals surface area contributed by atoms with Gasteiger partial charge in [0.05, 0.1) is 11.0 Å². The maximum atomic E-state index is 6.40. The number of para-hydroxylation sites is 1. The van der Waals surface area contributed by atoms with Crippen molar-refractivity contribution < 1.29 is 4.42 Å². The van der Waals surface area contributed by atoms with Gasteiger partial charge in [0.25, 0.3) is 0 Å². The predicted molar refractivity (Wildman–Crippen MR) is 231 cm³/mol. The maximum absolute atomic E-state index is 6.40. The highest BCUT2D eigenvalue weighted by Crippen LogP contribution is 2.42. The van der Waals surface area contributed by atoms with E-state index in [9.17, 15) is 0 Å². The fourth-order valence-corrected chi connectivity index (χ4v) is 8.19. The summed E-state index contributed by atoms with van der Waals surface area (Å²) in [5.41, 5.74) is 15.4. The summed E-state index contributed by atoms with van der Waals surface area (Å²) in [7, 11) is 0. The molecule has 11 aromatic rings. The largest absolute Gasteiger partial charge is 0.452 e. The van der Waals surface area contributed by atoms with Crippen molar-refractivity contribution in [3.63, 3.8) is 0 Å². The minimum absolute atomic E-state index is 0.656. The summed E-state index contributed by atoms with van der Waals surface area (Å²) in [6.45, 7) is 0. The van der Waals surface area contributed by atoms with E-state index >= 15 is 0 Å². The van der Waals surface area contributed by atoms with Crippen molar-refractivity contribution in [2.45, 2.75) is 0 Å². The molecule has 0 aliphatic rings. The van der Waals surface area contributed by atoms with Crippen molar-refractivity contribution >= 4 is 43.9 Å². The third kappa shape index (κ3) is 5.31. The summed E-state index contributed by atoms with van der Waals surface area (Å²) in [4.78, 5) is 10.4. The Morgan fingerprint density at radius 2 is 1.02 bits per heavy atom. The molecule has 0 N–H and O–H groups in total. The van der Waals surface area contributed by atoms with Crippen molar-refractivity contribution in [1.82, 2.24) is 14.5 Å². The van der Waals surface area contributed by atoms with Crippen molar-refractivity contribution in [3.8, 4) is 61.7 Å². The second-order valence-corrected chi connectivity index (χ2v) is 14.2. The molecule has 0 aliphatic heterocycles. The van der Waals surface area contributed by atoms with Gasteiger partial charge in [-0.15, -0.1) is 0 Å². The Morgan fingerprint density at radius 3 is 1.80 bits per heavy atom. The molecule has 11 rings (SSSR count). The van der Waals surface area contributed by atoms with Crippen LogP contribution in [0.15, 0.2) is 205 Å². The zero-order valence-corrected chi connectivity index (χ0v) is 30.3. The van der Waals surface area contributed by atoms with Crippen LogP contribution in [-0.4, -0.2) is 14.5 Å². The number of furan rings is 1. The second kappa shape index (κ2) is 13.1. The van der Waals surface area contributed by atoms with Gasteiger partial charge in [-0.1, -0.05) is 152 Å². The van der Waals surface area contributed by atoms with Gasteiger partial charge in [-0.05, 0) is 81.9 Å². The molecule has 3 heterocycles. The second-order valence-electron chi connectivity index (χ2n) is 14.2. The molecule has 3 aromatic heterocycles. The molecule has 0 unspecified atom stereocenters. The summed E-state index contributed by atoms with van der Waals surface area (Å²) in [6.07, 6.45) is 0. The van der Waals surface area contributed by atoms with E-state index < -0.39 is 0 Å². The first-order chi connectivity index (χ1) is 27.8. The number of hydrogen-bond acceptors (Lipinski definition) is 3. The molecule has 4 nitrogen and oxygen atoms in total. The Kier molecular flexibility index (Phi) is 7.46. The van der Waals surface area contributed by atoms with Crippen molar-refractivity contribution in [3.05, 3.63) is 200 Å². The maximum Gasteiger partial charge on any atom is 0.180 e. The van der Waals surface area contributed by atoms with Crippen LogP contribution in [0.1, 0.15) is 0 Å². The zero-order chi connectivity index (χ0) is 37.0. The van der Waals surface area contributed by atoms with Crippen LogP contribution in [0.3, 0.4) is 0 Å². The lowest BCUT2D eigenvalue weighted by Crippen LogP contribution is -1.95. The van der Waals surface area contributed by atoms with Crippen LogP contribution >= 0.6 is 0 Å². The highest BCUT2D eigenvalue weighted by Gasteiger charge is 2.20. The Balaban J connectivity index is 1.14. The van der Waals surface area contributed by atoms with Crippen LogP contribution in [0, 0.1) is 0 Å². The smallest absolute Gasteiger partial charge is 0.180 e. The summed E-state index contributed by atoms with van der Waals surface area (Å²) in [6, 6.07) is 70.5. The molecule has 262 valence electrons. The van der Waals surface area contributed by atoms with Crippen LogP contribution in [0.25, 0.3) is 106 Å². The fraction of sp³-hybridized carbons (Fsp3) is 0. The molecular formula is C52H33N3O. The molecule has 0 atom stereocenters. The standard InChI is InChI=1S/C52H33N3O/c1-4-15-34(16-5-1)37-21-13-24-41(32-37)55-45-30-29-38(35-17-6-2-7-18-35)33-44(45)48-42(26-14-27-46(48)55)39-22-12-23-40(31-39)52-53-49(36-19-8-3-9-20-36)51-50(54-52)43-25-10-11-28-47(43)56-51/h1-33H. The first-order valence-electron chi connectivity index (χ1n) is 18.9. The highest BCUT2D eigenvalue weighted by atomic mass is 16.3. The van der Waals surface area contributed by atoms with Crippen LogP contribution in [0.2, 0.25) is 0 Å². The number of aromatic nitrogens is 3. The quantitative estimate of drug-likeness (QED) is 0.172. The van der Waals surface area contributed by atoms with Crippen LogP contribution < -0.4 is 0 Å². The molecule has 0 aliphatic carbocycles. The molecule has 8 aromatic carbocycles. The molecule has 0 saturated heterocycles. The first kappa shape index (κ1) is 31.9. The molecule has 0 radical (unpaired) electrons. The van der Waals surface area contributed by atoms with Crippen LogP contribution in [-0.2, 0) is 0 Å². The highest BCUT2D eigenvalue weighted by molar-refractivity contribution is 6.17. The lowest BCUT2D eigenvalue weighted by atomic mass is 9.96.